The second-order valence-electron chi connectivity index (χ2n) is 4.40. The highest BCUT2D eigenvalue weighted by atomic mass is 35.5. The van der Waals surface area contributed by atoms with Crippen molar-refractivity contribution >= 4 is 18.4 Å². The van der Waals surface area contributed by atoms with Crippen LogP contribution in [0.1, 0.15) is 25.7 Å². The van der Waals surface area contributed by atoms with Crippen molar-refractivity contribution in [3.63, 3.8) is 0 Å². The number of methoxy groups -OCH3 is 1. The van der Waals surface area contributed by atoms with Gasteiger partial charge in [-0.3, -0.25) is 4.79 Å². The highest BCUT2D eigenvalue weighted by molar-refractivity contribution is 5.85. The van der Waals surface area contributed by atoms with Crippen LogP contribution in [0.4, 0.5) is 0 Å². The van der Waals surface area contributed by atoms with Crippen LogP contribution < -0.4 is 5.32 Å². The third kappa shape index (κ3) is 2.04. The van der Waals surface area contributed by atoms with Crippen molar-refractivity contribution in [2.75, 3.05) is 20.2 Å². The van der Waals surface area contributed by atoms with Crippen LogP contribution in [0, 0.1) is 11.3 Å². The number of hydrogen-bond donors (Lipinski definition) is 1. The Morgan fingerprint density at radius 1 is 1.36 bits per heavy atom. The van der Waals surface area contributed by atoms with Gasteiger partial charge in [0, 0.05) is 13.1 Å². The molecule has 1 aliphatic heterocycles. The molecular weight excluding hydrogens is 202 g/mol. The predicted octanol–water partition coefficient (Wildman–Crippen LogP) is 1.36. The molecule has 1 aliphatic carbocycles. The topological polar surface area (TPSA) is 38.3 Å². The van der Waals surface area contributed by atoms with Crippen molar-refractivity contribution < 1.29 is 9.53 Å². The van der Waals surface area contributed by atoms with E-state index in [4.69, 9.17) is 4.74 Å². The molecule has 0 atom stereocenters. The van der Waals surface area contributed by atoms with E-state index < -0.39 is 0 Å². The molecule has 82 valence electrons. The highest BCUT2D eigenvalue weighted by Gasteiger charge is 2.41. The molecule has 1 N–H and O–H groups in total. The van der Waals surface area contributed by atoms with Crippen LogP contribution in [0.3, 0.4) is 0 Å². The number of carbonyl (C=O) groups is 1. The van der Waals surface area contributed by atoms with Crippen LogP contribution in [0.2, 0.25) is 0 Å². The summed E-state index contributed by atoms with van der Waals surface area (Å²) in [6, 6.07) is 0. The maximum Gasteiger partial charge on any atom is 0.308 e. The molecule has 14 heavy (non-hydrogen) atoms. The minimum absolute atomic E-state index is 0. The van der Waals surface area contributed by atoms with E-state index in [2.05, 4.69) is 5.32 Å². The molecular formula is C10H18ClNO2. The molecule has 4 heteroatoms. The lowest BCUT2D eigenvalue weighted by atomic mass is 9.67. The fourth-order valence-electron chi connectivity index (χ4n) is 2.46. The second-order valence-corrected chi connectivity index (χ2v) is 4.40. The molecule has 0 unspecified atom stereocenters. The number of carbonyl (C=O) groups excluding carboxylic acids is 1. The Bertz CT molecular complexity index is 206. The van der Waals surface area contributed by atoms with E-state index in [1.54, 1.807) is 0 Å². The van der Waals surface area contributed by atoms with E-state index in [9.17, 15) is 4.79 Å². The Morgan fingerprint density at radius 3 is 2.29 bits per heavy atom. The molecule has 1 saturated carbocycles. The maximum absolute atomic E-state index is 11.2. The van der Waals surface area contributed by atoms with Crippen LogP contribution in [0.25, 0.3) is 0 Å². The van der Waals surface area contributed by atoms with Gasteiger partial charge < -0.3 is 10.1 Å². The molecule has 0 amide bonds. The van der Waals surface area contributed by atoms with E-state index in [1.165, 1.54) is 20.0 Å². The largest absolute Gasteiger partial charge is 0.469 e. The molecule has 1 heterocycles. The van der Waals surface area contributed by atoms with Gasteiger partial charge in [-0.05, 0) is 31.1 Å². The summed E-state index contributed by atoms with van der Waals surface area (Å²) < 4.78 is 4.75. The smallest absolute Gasteiger partial charge is 0.308 e. The molecule has 2 fully saturated rings. The van der Waals surface area contributed by atoms with Crippen LogP contribution in [-0.4, -0.2) is 26.2 Å². The van der Waals surface area contributed by atoms with E-state index >= 15 is 0 Å². The van der Waals surface area contributed by atoms with Gasteiger partial charge in [-0.1, -0.05) is 0 Å². The summed E-state index contributed by atoms with van der Waals surface area (Å²) in [5.74, 6) is 0.165. The summed E-state index contributed by atoms with van der Waals surface area (Å²) in [7, 11) is 1.48. The summed E-state index contributed by atoms with van der Waals surface area (Å²) in [6.07, 6.45) is 4.43. The quantitative estimate of drug-likeness (QED) is 0.677. The lowest BCUT2D eigenvalue weighted by Gasteiger charge is -2.46. The molecule has 0 bridgehead atoms. The lowest BCUT2D eigenvalue weighted by Crippen LogP contribution is -2.55. The van der Waals surface area contributed by atoms with Gasteiger partial charge in [0.15, 0.2) is 0 Å². The maximum atomic E-state index is 11.2. The van der Waals surface area contributed by atoms with Gasteiger partial charge in [-0.25, -0.2) is 0 Å². The van der Waals surface area contributed by atoms with E-state index in [0.717, 1.165) is 25.9 Å². The molecule has 1 spiro atoms. The van der Waals surface area contributed by atoms with Crippen LogP contribution >= 0.6 is 12.4 Å². The lowest BCUT2D eigenvalue weighted by molar-refractivity contribution is -0.147. The molecule has 0 aromatic rings. The highest BCUT2D eigenvalue weighted by Crippen LogP contribution is 2.41. The summed E-state index contributed by atoms with van der Waals surface area (Å²) in [4.78, 5) is 11.2. The minimum atomic E-state index is -0.0119. The molecule has 1 saturated heterocycles. The van der Waals surface area contributed by atoms with Crippen LogP contribution in [0.15, 0.2) is 0 Å². The second kappa shape index (κ2) is 4.49. The summed E-state index contributed by atoms with van der Waals surface area (Å²) in [5, 5.41) is 3.31. The van der Waals surface area contributed by atoms with Gasteiger partial charge in [-0.15, -0.1) is 12.4 Å². The molecule has 0 aromatic carbocycles. The zero-order valence-corrected chi connectivity index (χ0v) is 9.36. The minimum Gasteiger partial charge on any atom is -0.469 e. The average molecular weight is 220 g/mol. The van der Waals surface area contributed by atoms with Crippen molar-refractivity contribution in [1.29, 1.82) is 0 Å². The Balaban J connectivity index is 0.000000980. The normalized spacial score (nSPS) is 24.9. The zero-order valence-electron chi connectivity index (χ0n) is 8.54. The average Bonchev–Trinajstić information content (AvgIpc) is 2.14. The third-order valence-corrected chi connectivity index (χ3v) is 3.58. The SMILES string of the molecule is COC(=O)C1CCC2(CC1)CNC2.Cl. The first-order valence-electron chi connectivity index (χ1n) is 5.04. The first-order valence-corrected chi connectivity index (χ1v) is 5.04. The summed E-state index contributed by atoms with van der Waals surface area (Å²) in [6.45, 7) is 2.31. The first kappa shape index (κ1) is 11.8. The van der Waals surface area contributed by atoms with E-state index in [-0.39, 0.29) is 24.3 Å². The van der Waals surface area contributed by atoms with Gasteiger partial charge in [0.2, 0.25) is 0 Å². The fraction of sp³-hybridized carbons (Fsp3) is 0.900. The predicted molar refractivity (Wildman–Crippen MR) is 56.5 cm³/mol. The summed E-state index contributed by atoms with van der Waals surface area (Å²) in [5.41, 5.74) is 0.546. The molecule has 0 radical (unpaired) electrons. The van der Waals surface area contributed by atoms with Gasteiger partial charge in [-0.2, -0.15) is 0 Å². The number of ether oxygens (including phenoxy) is 1. The number of rotatable bonds is 1. The number of esters is 1. The monoisotopic (exact) mass is 219 g/mol. The van der Waals surface area contributed by atoms with Crippen molar-refractivity contribution in [2.45, 2.75) is 25.7 Å². The van der Waals surface area contributed by atoms with Crippen molar-refractivity contribution in [1.82, 2.24) is 5.32 Å². The molecule has 2 aliphatic rings. The summed E-state index contributed by atoms with van der Waals surface area (Å²) >= 11 is 0. The Labute approximate surface area is 91.0 Å². The number of hydrogen-bond acceptors (Lipinski definition) is 3. The number of nitrogens with one attached hydrogen (secondary N) is 1. The molecule has 3 nitrogen and oxygen atoms in total. The fourth-order valence-corrected chi connectivity index (χ4v) is 2.46. The standard InChI is InChI=1S/C10H17NO2.ClH/c1-13-9(12)8-2-4-10(5-3-8)6-11-7-10;/h8,11H,2-7H2,1H3;1H. The Morgan fingerprint density at radius 2 is 1.93 bits per heavy atom. The van der Waals surface area contributed by atoms with Crippen LogP contribution in [-0.2, 0) is 9.53 Å². The third-order valence-electron chi connectivity index (χ3n) is 3.58. The van der Waals surface area contributed by atoms with Gasteiger partial charge in [0.05, 0.1) is 13.0 Å². The first-order chi connectivity index (χ1) is 6.26. The van der Waals surface area contributed by atoms with Crippen molar-refractivity contribution in [3.8, 4) is 0 Å². The van der Waals surface area contributed by atoms with Gasteiger partial charge >= 0.3 is 5.97 Å². The van der Waals surface area contributed by atoms with Crippen molar-refractivity contribution in [3.05, 3.63) is 0 Å². The molecule has 0 aromatic heterocycles. The molecule has 2 rings (SSSR count). The van der Waals surface area contributed by atoms with E-state index in [1.807, 2.05) is 0 Å². The number of halogens is 1. The van der Waals surface area contributed by atoms with Gasteiger partial charge in [0.25, 0.3) is 0 Å². The van der Waals surface area contributed by atoms with Gasteiger partial charge in [0.1, 0.15) is 0 Å². The Kier molecular flexibility index (Phi) is 3.78. The zero-order chi connectivity index (χ0) is 9.31. The Hall–Kier alpha value is -0.280. The van der Waals surface area contributed by atoms with E-state index in [0.29, 0.717) is 5.41 Å². The van der Waals surface area contributed by atoms with Crippen molar-refractivity contribution in [2.24, 2.45) is 11.3 Å². The van der Waals surface area contributed by atoms with Crippen LogP contribution in [0.5, 0.6) is 0 Å².